The van der Waals surface area contributed by atoms with Crippen LogP contribution in [0.5, 0.6) is 0 Å². The second-order valence-corrected chi connectivity index (χ2v) is 13.7. The highest BCUT2D eigenvalue weighted by molar-refractivity contribution is 6.37. The van der Waals surface area contributed by atoms with E-state index >= 15 is 0 Å². The lowest BCUT2D eigenvalue weighted by Crippen LogP contribution is -1.96. The van der Waals surface area contributed by atoms with Crippen LogP contribution in [0.25, 0.3) is 110 Å². The summed E-state index contributed by atoms with van der Waals surface area (Å²) in [5.41, 5.74) is 8.11. The molecule has 1 heterocycles. The van der Waals surface area contributed by atoms with Crippen LogP contribution in [0, 0.1) is 0 Å². The van der Waals surface area contributed by atoms with E-state index in [0.29, 0.717) is 0 Å². The SMILES string of the molecule is c1ccc(-c2ncc(-c3ccc(-c4cc5ccc6cccc7c8cccc9ccc%10cccc(c(c4)c5c67)c%10c98)cc3)nc2-c2ccccc2)cc1. The molecule has 10 aromatic carbocycles. The quantitative estimate of drug-likeness (QED) is 0.176. The van der Waals surface area contributed by atoms with Crippen molar-refractivity contribution in [1.29, 1.82) is 0 Å². The molecule has 2 nitrogen and oxygen atoms in total. The van der Waals surface area contributed by atoms with Crippen LogP contribution in [0.4, 0.5) is 0 Å². The molecule has 0 aliphatic carbocycles. The van der Waals surface area contributed by atoms with E-state index in [-0.39, 0.29) is 0 Å². The monoisotopic (exact) mass is 658 g/mol. The van der Waals surface area contributed by atoms with E-state index in [1.807, 2.05) is 30.5 Å². The van der Waals surface area contributed by atoms with Gasteiger partial charge in [-0.3, -0.25) is 4.98 Å². The summed E-state index contributed by atoms with van der Waals surface area (Å²) < 4.78 is 0. The molecule has 52 heavy (non-hydrogen) atoms. The number of hydrogen-bond donors (Lipinski definition) is 0. The minimum absolute atomic E-state index is 0.851. The van der Waals surface area contributed by atoms with Crippen molar-refractivity contribution in [2.24, 2.45) is 0 Å². The fourth-order valence-electron chi connectivity index (χ4n) is 8.42. The van der Waals surface area contributed by atoms with Gasteiger partial charge in [-0.2, -0.15) is 0 Å². The molecule has 0 aliphatic heterocycles. The van der Waals surface area contributed by atoms with Gasteiger partial charge < -0.3 is 0 Å². The van der Waals surface area contributed by atoms with Crippen LogP contribution in [0.3, 0.4) is 0 Å². The normalized spacial score (nSPS) is 11.8. The Hall–Kier alpha value is -6.90. The van der Waals surface area contributed by atoms with Crippen molar-refractivity contribution in [3.63, 3.8) is 0 Å². The van der Waals surface area contributed by atoms with Gasteiger partial charge in [0.2, 0.25) is 0 Å². The Bertz CT molecular complexity index is 3140. The van der Waals surface area contributed by atoms with Crippen molar-refractivity contribution in [1.82, 2.24) is 9.97 Å². The van der Waals surface area contributed by atoms with Gasteiger partial charge in [0.1, 0.15) is 0 Å². The van der Waals surface area contributed by atoms with E-state index in [1.54, 1.807) is 0 Å². The zero-order valence-corrected chi connectivity index (χ0v) is 28.2. The van der Waals surface area contributed by atoms with Crippen LogP contribution in [0.2, 0.25) is 0 Å². The van der Waals surface area contributed by atoms with Gasteiger partial charge in [-0.15, -0.1) is 0 Å². The lowest BCUT2D eigenvalue weighted by Gasteiger charge is -2.17. The predicted octanol–water partition coefficient (Wildman–Crippen LogP) is 13.5. The zero-order valence-electron chi connectivity index (χ0n) is 28.2. The van der Waals surface area contributed by atoms with Gasteiger partial charge in [0.05, 0.1) is 23.3 Å². The molecule has 0 fully saturated rings. The van der Waals surface area contributed by atoms with E-state index in [1.165, 1.54) is 75.8 Å². The highest BCUT2D eigenvalue weighted by atomic mass is 14.8. The number of nitrogens with zero attached hydrogens (tertiary/aromatic N) is 2. The number of benzene rings is 9. The summed E-state index contributed by atoms with van der Waals surface area (Å²) in [5.74, 6) is 0. The van der Waals surface area contributed by atoms with Crippen molar-refractivity contribution >= 4 is 64.6 Å². The van der Waals surface area contributed by atoms with Crippen LogP contribution in [0.15, 0.2) is 182 Å². The first kappa shape index (κ1) is 28.9. The maximum absolute atomic E-state index is 5.21. The molecule has 0 bridgehead atoms. The second-order valence-electron chi connectivity index (χ2n) is 13.7. The summed E-state index contributed by atoms with van der Waals surface area (Å²) in [7, 11) is 0. The van der Waals surface area contributed by atoms with Crippen molar-refractivity contribution in [2.45, 2.75) is 0 Å². The lowest BCUT2D eigenvalue weighted by molar-refractivity contribution is 1.21. The average molecular weight is 659 g/mol. The molecule has 0 radical (unpaired) electrons. The largest absolute Gasteiger partial charge is 0.252 e. The van der Waals surface area contributed by atoms with Gasteiger partial charge in [0.15, 0.2) is 0 Å². The third-order valence-electron chi connectivity index (χ3n) is 10.8. The maximum atomic E-state index is 5.21. The van der Waals surface area contributed by atoms with Crippen LogP contribution in [-0.4, -0.2) is 9.97 Å². The molecule has 11 rings (SSSR count). The number of fused-ring (bicyclic) bond motifs is 2. The summed E-state index contributed by atoms with van der Waals surface area (Å²) in [4.78, 5) is 10.2. The van der Waals surface area contributed by atoms with Crippen LogP contribution in [-0.2, 0) is 0 Å². The molecule has 2 heteroatoms. The molecule has 0 unspecified atom stereocenters. The van der Waals surface area contributed by atoms with Gasteiger partial charge in [-0.25, -0.2) is 4.98 Å². The fourth-order valence-corrected chi connectivity index (χ4v) is 8.42. The summed E-state index contributed by atoms with van der Waals surface area (Å²) >= 11 is 0. The lowest BCUT2D eigenvalue weighted by atomic mass is 9.86. The Morgan fingerprint density at radius 2 is 0.769 bits per heavy atom. The topological polar surface area (TPSA) is 25.8 Å². The van der Waals surface area contributed by atoms with Gasteiger partial charge in [-0.05, 0) is 87.9 Å². The minimum Gasteiger partial charge on any atom is -0.252 e. The van der Waals surface area contributed by atoms with Gasteiger partial charge in [0.25, 0.3) is 0 Å². The van der Waals surface area contributed by atoms with Gasteiger partial charge >= 0.3 is 0 Å². The van der Waals surface area contributed by atoms with Crippen LogP contribution >= 0.6 is 0 Å². The summed E-state index contributed by atoms with van der Waals surface area (Å²) in [6.45, 7) is 0. The third kappa shape index (κ3) is 4.38. The van der Waals surface area contributed by atoms with Crippen LogP contribution in [0.1, 0.15) is 0 Å². The molecular formula is C50H30N2. The first-order valence-electron chi connectivity index (χ1n) is 17.8. The Morgan fingerprint density at radius 1 is 0.288 bits per heavy atom. The summed E-state index contributed by atoms with van der Waals surface area (Å²) in [6.07, 6.45) is 1.90. The number of aromatic nitrogens is 2. The zero-order chi connectivity index (χ0) is 34.2. The standard InChI is InChI=1S/C50H30N2/c1-3-10-36(11-4-1)49-50(37-12-5-2-6-13-37)52-44(30-51-49)32-22-20-31(21-23-32)39-28-38-27-26-35-15-8-18-41-40-17-7-14-33-24-25-34-16-9-19-42(47(34)45(33)40)43(29-39)48(38)46(35)41/h1-30H. The van der Waals surface area contributed by atoms with Crippen molar-refractivity contribution in [3.8, 4) is 44.9 Å². The molecule has 1 aromatic heterocycles. The van der Waals surface area contributed by atoms with Gasteiger partial charge in [-0.1, -0.05) is 164 Å². The Labute approximate surface area is 300 Å². The van der Waals surface area contributed by atoms with E-state index in [4.69, 9.17) is 9.97 Å². The molecule has 0 saturated heterocycles. The first-order valence-corrected chi connectivity index (χ1v) is 17.8. The van der Waals surface area contributed by atoms with Crippen molar-refractivity contribution in [2.75, 3.05) is 0 Å². The van der Waals surface area contributed by atoms with Crippen molar-refractivity contribution < 1.29 is 0 Å². The second kappa shape index (κ2) is 11.3. The molecule has 0 aliphatic rings. The van der Waals surface area contributed by atoms with E-state index in [0.717, 1.165) is 33.8 Å². The Morgan fingerprint density at radius 3 is 1.35 bits per heavy atom. The van der Waals surface area contributed by atoms with Gasteiger partial charge in [0, 0.05) is 16.7 Å². The maximum Gasteiger partial charge on any atom is 0.0972 e. The molecular weight excluding hydrogens is 629 g/mol. The number of hydrogen-bond acceptors (Lipinski definition) is 2. The smallest absolute Gasteiger partial charge is 0.0972 e. The highest BCUT2D eigenvalue weighted by Crippen LogP contribution is 2.44. The average Bonchev–Trinajstić information content (AvgIpc) is 3.22. The summed E-state index contributed by atoms with van der Waals surface area (Å²) in [5, 5.41) is 15.5. The molecule has 0 saturated carbocycles. The molecule has 0 N–H and O–H groups in total. The molecule has 0 amide bonds. The van der Waals surface area contributed by atoms with Crippen molar-refractivity contribution in [3.05, 3.63) is 182 Å². The minimum atomic E-state index is 0.851. The van der Waals surface area contributed by atoms with E-state index in [9.17, 15) is 0 Å². The highest BCUT2D eigenvalue weighted by Gasteiger charge is 2.17. The first-order chi connectivity index (χ1) is 25.8. The third-order valence-corrected chi connectivity index (χ3v) is 10.8. The molecule has 0 atom stereocenters. The molecule has 240 valence electrons. The molecule has 11 aromatic rings. The van der Waals surface area contributed by atoms with Crippen LogP contribution < -0.4 is 0 Å². The van der Waals surface area contributed by atoms with E-state index in [2.05, 4.69) is 152 Å². The summed E-state index contributed by atoms with van der Waals surface area (Å²) in [6, 6.07) is 63.7. The Balaban J connectivity index is 1.12. The van der Waals surface area contributed by atoms with E-state index < -0.39 is 0 Å². The predicted molar refractivity (Wildman–Crippen MR) is 220 cm³/mol. The number of rotatable bonds is 4. The Kier molecular flexibility index (Phi) is 6.28. The fraction of sp³-hybridized carbons (Fsp3) is 0. The molecule has 0 spiro atoms.